The Morgan fingerprint density at radius 3 is 2.10 bits per heavy atom. The Morgan fingerprint density at radius 1 is 0.903 bits per heavy atom. The molecule has 0 N–H and O–H groups in total. The van der Waals surface area contributed by atoms with Gasteiger partial charge in [-0.05, 0) is 61.2 Å². The maximum atomic E-state index is 12.8. The lowest BCUT2D eigenvalue weighted by atomic mass is 10.1. The molecule has 3 rings (SSSR count). The summed E-state index contributed by atoms with van der Waals surface area (Å²) in [6, 6.07) is 12.8. The summed E-state index contributed by atoms with van der Waals surface area (Å²) in [6.45, 7) is 1.13. The van der Waals surface area contributed by atoms with Gasteiger partial charge in [-0.2, -0.15) is 4.31 Å². The number of hydrogen-bond acceptors (Lipinski definition) is 6. The van der Waals surface area contributed by atoms with Gasteiger partial charge < -0.3 is 9.47 Å². The molecule has 0 spiro atoms. The van der Waals surface area contributed by atoms with Gasteiger partial charge in [0.15, 0.2) is 0 Å². The summed E-state index contributed by atoms with van der Waals surface area (Å²) >= 11 is 0. The molecule has 2 aromatic carbocycles. The summed E-state index contributed by atoms with van der Waals surface area (Å²) in [7, 11) is -2.18. The molecule has 8 heteroatoms. The first-order chi connectivity index (χ1) is 14.9. The van der Waals surface area contributed by atoms with E-state index in [9.17, 15) is 18.0 Å². The van der Waals surface area contributed by atoms with Crippen LogP contribution in [0, 0.1) is 0 Å². The van der Waals surface area contributed by atoms with Gasteiger partial charge in [0.2, 0.25) is 10.0 Å². The van der Waals surface area contributed by atoms with Crippen molar-refractivity contribution in [3.63, 3.8) is 0 Å². The van der Waals surface area contributed by atoms with Crippen LogP contribution in [0.2, 0.25) is 0 Å². The Labute approximate surface area is 183 Å². The molecule has 0 aliphatic carbocycles. The number of sulfonamides is 1. The Hall–Kier alpha value is -2.71. The van der Waals surface area contributed by atoms with E-state index in [1.165, 1.54) is 31.4 Å². The van der Waals surface area contributed by atoms with Crippen molar-refractivity contribution in [3.8, 4) is 5.75 Å². The SMILES string of the molecule is COC(=O)c1ccc(OC(=O)CCc2ccc(S(=O)(=O)N3CCCCCC3)cc2)cc1. The first-order valence-corrected chi connectivity index (χ1v) is 11.8. The molecule has 31 heavy (non-hydrogen) atoms. The fraction of sp³-hybridized carbons (Fsp3) is 0.391. The lowest BCUT2D eigenvalue weighted by molar-refractivity contribution is -0.134. The molecular formula is C23H27NO6S. The molecule has 0 unspecified atom stereocenters. The molecule has 1 aliphatic rings. The van der Waals surface area contributed by atoms with E-state index in [1.54, 1.807) is 28.6 Å². The molecule has 1 aliphatic heterocycles. The standard InChI is InChI=1S/C23H27NO6S/c1-29-23(26)19-9-11-20(12-10-19)30-22(25)15-8-18-6-13-21(14-7-18)31(27,28)24-16-4-2-3-5-17-24/h6-7,9-14H,2-5,8,15-17H2,1H3. The molecule has 1 heterocycles. The Kier molecular flexibility index (Phi) is 7.81. The molecule has 0 saturated carbocycles. The minimum atomic E-state index is -3.48. The van der Waals surface area contributed by atoms with Crippen LogP contribution in [-0.2, 0) is 26.0 Å². The second kappa shape index (κ2) is 10.5. The van der Waals surface area contributed by atoms with Gasteiger partial charge in [-0.15, -0.1) is 0 Å². The van der Waals surface area contributed by atoms with Crippen molar-refractivity contribution >= 4 is 22.0 Å². The molecule has 0 radical (unpaired) electrons. The maximum Gasteiger partial charge on any atom is 0.337 e. The number of hydrogen-bond donors (Lipinski definition) is 0. The molecule has 0 aromatic heterocycles. The van der Waals surface area contributed by atoms with Gasteiger partial charge >= 0.3 is 11.9 Å². The molecule has 2 aromatic rings. The van der Waals surface area contributed by atoms with Crippen molar-refractivity contribution in [3.05, 3.63) is 59.7 Å². The fourth-order valence-electron chi connectivity index (χ4n) is 3.46. The molecule has 1 fully saturated rings. The molecule has 0 bridgehead atoms. The van der Waals surface area contributed by atoms with Crippen LogP contribution in [0.3, 0.4) is 0 Å². The number of ether oxygens (including phenoxy) is 2. The number of nitrogens with zero attached hydrogens (tertiary/aromatic N) is 1. The number of benzene rings is 2. The normalized spacial score (nSPS) is 15.1. The predicted molar refractivity (Wildman–Crippen MR) is 115 cm³/mol. The van der Waals surface area contributed by atoms with E-state index < -0.39 is 22.0 Å². The molecule has 7 nitrogen and oxygen atoms in total. The zero-order valence-corrected chi connectivity index (χ0v) is 18.4. The van der Waals surface area contributed by atoms with Crippen LogP contribution in [0.5, 0.6) is 5.75 Å². The largest absolute Gasteiger partial charge is 0.465 e. The Balaban J connectivity index is 1.54. The van der Waals surface area contributed by atoms with Gasteiger partial charge in [-0.25, -0.2) is 13.2 Å². The Morgan fingerprint density at radius 2 is 1.52 bits per heavy atom. The third kappa shape index (κ3) is 6.15. The molecule has 0 amide bonds. The average Bonchev–Trinajstić information content (AvgIpc) is 3.08. The number of carbonyl (C=O) groups excluding carboxylic acids is 2. The maximum absolute atomic E-state index is 12.8. The predicted octanol–water partition coefficient (Wildman–Crippen LogP) is 3.58. The zero-order valence-electron chi connectivity index (χ0n) is 17.6. The van der Waals surface area contributed by atoms with Crippen LogP contribution in [0.4, 0.5) is 0 Å². The van der Waals surface area contributed by atoms with Crippen molar-refractivity contribution in [2.45, 2.75) is 43.4 Å². The third-order valence-electron chi connectivity index (χ3n) is 5.25. The van der Waals surface area contributed by atoms with Gasteiger partial charge in [0, 0.05) is 19.5 Å². The number of esters is 2. The molecular weight excluding hydrogens is 418 g/mol. The van der Waals surface area contributed by atoms with Gasteiger partial charge in [0.1, 0.15) is 5.75 Å². The highest BCUT2D eigenvalue weighted by molar-refractivity contribution is 7.89. The second-order valence-electron chi connectivity index (χ2n) is 7.45. The number of methoxy groups -OCH3 is 1. The van der Waals surface area contributed by atoms with Crippen LogP contribution in [0.25, 0.3) is 0 Å². The summed E-state index contributed by atoms with van der Waals surface area (Å²) in [6.07, 6.45) is 4.50. The topological polar surface area (TPSA) is 90.0 Å². The molecule has 1 saturated heterocycles. The van der Waals surface area contributed by atoms with E-state index >= 15 is 0 Å². The van der Waals surface area contributed by atoms with E-state index in [-0.39, 0.29) is 11.3 Å². The highest BCUT2D eigenvalue weighted by atomic mass is 32.2. The third-order valence-corrected chi connectivity index (χ3v) is 7.16. The van der Waals surface area contributed by atoms with E-state index in [2.05, 4.69) is 4.74 Å². The summed E-state index contributed by atoms with van der Waals surface area (Å²) in [4.78, 5) is 23.8. The summed E-state index contributed by atoms with van der Waals surface area (Å²) in [5, 5.41) is 0. The summed E-state index contributed by atoms with van der Waals surface area (Å²) in [5.74, 6) is -0.525. The van der Waals surface area contributed by atoms with E-state index in [0.717, 1.165) is 31.2 Å². The van der Waals surface area contributed by atoms with Crippen LogP contribution in [0.15, 0.2) is 53.4 Å². The van der Waals surface area contributed by atoms with E-state index in [0.29, 0.717) is 30.8 Å². The lowest BCUT2D eigenvalue weighted by Crippen LogP contribution is -2.31. The number of carbonyl (C=O) groups is 2. The van der Waals surface area contributed by atoms with Crippen molar-refractivity contribution in [2.24, 2.45) is 0 Å². The monoisotopic (exact) mass is 445 g/mol. The van der Waals surface area contributed by atoms with Crippen LogP contribution >= 0.6 is 0 Å². The fourth-order valence-corrected chi connectivity index (χ4v) is 4.98. The number of rotatable bonds is 7. The quantitative estimate of drug-likeness (QED) is 0.478. The zero-order chi connectivity index (χ0) is 22.3. The van der Waals surface area contributed by atoms with Crippen LogP contribution < -0.4 is 4.74 Å². The minimum absolute atomic E-state index is 0.150. The van der Waals surface area contributed by atoms with E-state index in [1.807, 2.05) is 0 Å². The van der Waals surface area contributed by atoms with Crippen LogP contribution in [-0.4, -0.2) is 44.9 Å². The summed E-state index contributed by atoms with van der Waals surface area (Å²) < 4.78 is 37.1. The Bertz CT molecular complexity index is 991. The summed E-state index contributed by atoms with van der Waals surface area (Å²) in [5.41, 5.74) is 1.23. The minimum Gasteiger partial charge on any atom is -0.465 e. The van der Waals surface area contributed by atoms with Crippen LogP contribution in [0.1, 0.15) is 48.0 Å². The van der Waals surface area contributed by atoms with Gasteiger partial charge in [0.05, 0.1) is 17.6 Å². The average molecular weight is 446 g/mol. The highest BCUT2D eigenvalue weighted by Crippen LogP contribution is 2.21. The van der Waals surface area contributed by atoms with Gasteiger partial charge in [-0.1, -0.05) is 25.0 Å². The highest BCUT2D eigenvalue weighted by Gasteiger charge is 2.24. The van der Waals surface area contributed by atoms with Crippen molar-refractivity contribution < 1.29 is 27.5 Å². The van der Waals surface area contributed by atoms with Crippen molar-refractivity contribution in [2.75, 3.05) is 20.2 Å². The van der Waals surface area contributed by atoms with Gasteiger partial charge in [0.25, 0.3) is 0 Å². The molecule has 166 valence electrons. The second-order valence-corrected chi connectivity index (χ2v) is 9.39. The van der Waals surface area contributed by atoms with Crippen molar-refractivity contribution in [1.29, 1.82) is 0 Å². The van der Waals surface area contributed by atoms with Gasteiger partial charge in [-0.3, -0.25) is 4.79 Å². The lowest BCUT2D eigenvalue weighted by Gasteiger charge is -2.20. The van der Waals surface area contributed by atoms with E-state index in [4.69, 9.17) is 4.74 Å². The first kappa shape index (κ1) is 23.0. The first-order valence-electron chi connectivity index (χ1n) is 10.4. The number of aryl methyl sites for hydroxylation is 1. The molecule has 0 atom stereocenters. The van der Waals surface area contributed by atoms with Crippen molar-refractivity contribution in [1.82, 2.24) is 4.31 Å². The smallest absolute Gasteiger partial charge is 0.337 e.